The molecule has 0 aromatic carbocycles. The summed E-state index contributed by atoms with van der Waals surface area (Å²) in [7, 11) is 0. The molecule has 1 rings (SSSR count). The molecule has 0 aromatic heterocycles. The molecule has 1 aliphatic rings. The van der Waals surface area contributed by atoms with E-state index in [9.17, 15) is 0 Å². The van der Waals surface area contributed by atoms with E-state index in [0.717, 1.165) is 12.8 Å². The topological polar surface area (TPSA) is 29.3 Å². The average molecular weight is 299 g/mol. The molecule has 0 aliphatic carbocycles. The van der Waals surface area contributed by atoms with Gasteiger partial charge in [-0.05, 0) is 38.9 Å². The minimum atomic E-state index is 0.116. The molecule has 1 fully saturated rings. The van der Waals surface area contributed by atoms with Crippen LogP contribution in [0.5, 0.6) is 0 Å². The van der Waals surface area contributed by atoms with Crippen molar-refractivity contribution in [2.24, 2.45) is 11.1 Å². The zero-order valence-corrected chi connectivity index (χ0v) is 14.4. The smallest absolute Gasteiger partial charge is 0.0788 e. The lowest BCUT2D eigenvalue weighted by Gasteiger charge is -2.38. The highest BCUT2D eigenvalue weighted by atomic mass is 32.1. The van der Waals surface area contributed by atoms with Crippen LogP contribution >= 0.6 is 12.2 Å². The molecule has 0 aromatic rings. The zero-order valence-electron chi connectivity index (χ0n) is 13.6. The molecule has 1 aliphatic heterocycles. The summed E-state index contributed by atoms with van der Waals surface area (Å²) in [5.74, 6) is 0. The highest BCUT2D eigenvalue weighted by Crippen LogP contribution is 2.31. The van der Waals surface area contributed by atoms with Crippen LogP contribution in [0.4, 0.5) is 0 Å². The van der Waals surface area contributed by atoms with Crippen LogP contribution in [0.1, 0.15) is 78.1 Å². The maximum Gasteiger partial charge on any atom is 0.0788 e. The maximum atomic E-state index is 5.85. The van der Waals surface area contributed by atoms with Gasteiger partial charge in [0.1, 0.15) is 0 Å². The molecule has 0 saturated carbocycles. The van der Waals surface area contributed by atoms with E-state index in [0.29, 0.717) is 4.99 Å². The van der Waals surface area contributed by atoms with Gasteiger partial charge < -0.3 is 10.6 Å². The Kier molecular flexibility index (Phi) is 8.70. The molecule has 0 atom stereocenters. The molecule has 1 heterocycles. The Bertz CT molecular complexity index is 270. The number of rotatable bonds is 10. The van der Waals surface area contributed by atoms with E-state index >= 15 is 0 Å². The van der Waals surface area contributed by atoms with Gasteiger partial charge in [0.25, 0.3) is 0 Å². The molecule has 1 saturated heterocycles. The Balaban J connectivity index is 1.98. The standard InChI is InChI=1S/C17H34N2S/c1-3-4-5-6-7-8-9-10-13-19-14-11-17(2,12-15-19)16(18)20/h3-15H2,1-2H3,(H2,18,20). The summed E-state index contributed by atoms with van der Waals surface area (Å²) in [4.78, 5) is 3.31. The summed E-state index contributed by atoms with van der Waals surface area (Å²) in [6.45, 7) is 8.11. The maximum absolute atomic E-state index is 5.85. The molecule has 0 unspecified atom stereocenters. The zero-order chi connectivity index (χ0) is 14.8. The molecule has 0 amide bonds. The second kappa shape index (κ2) is 9.73. The molecular weight excluding hydrogens is 264 g/mol. The second-order valence-corrected chi connectivity index (χ2v) is 7.18. The molecule has 3 heteroatoms. The van der Waals surface area contributed by atoms with Gasteiger partial charge in [-0.1, -0.05) is 71.0 Å². The molecule has 20 heavy (non-hydrogen) atoms. The predicted molar refractivity (Wildman–Crippen MR) is 93.2 cm³/mol. The fourth-order valence-corrected chi connectivity index (χ4v) is 3.19. The van der Waals surface area contributed by atoms with Gasteiger partial charge >= 0.3 is 0 Å². The van der Waals surface area contributed by atoms with Crippen LogP contribution in [0.25, 0.3) is 0 Å². The Morgan fingerprint density at radius 2 is 1.50 bits per heavy atom. The summed E-state index contributed by atoms with van der Waals surface area (Å²) in [6, 6.07) is 0. The van der Waals surface area contributed by atoms with Gasteiger partial charge in [0, 0.05) is 5.41 Å². The van der Waals surface area contributed by atoms with E-state index in [1.54, 1.807) is 0 Å². The van der Waals surface area contributed by atoms with E-state index in [4.69, 9.17) is 18.0 Å². The first kappa shape index (κ1) is 17.9. The molecule has 0 radical (unpaired) electrons. The van der Waals surface area contributed by atoms with Crippen molar-refractivity contribution in [3.8, 4) is 0 Å². The molecular formula is C17H34N2S. The number of hydrogen-bond acceptors (Lipinski definition) is 2. The number of hydrogen-bond donors (Lipinski definition) is 1. The van der Waals surface area contributed by atoms with Crippen LogP contribution < -0.4 is 5.73 Å². The lowest BCUT2D eigenvalue weighted by atomic mass is 9.80. The van der Waals surface area contributed by atoms with Gasteiger partial charge in [-0.3, -0.25) is 0 Å². The first-order chi connectivity index (χ1) is 9.58. The Morgan fingerprint density at radius 1 is 1.00 bits per heavy atom. The molecule has 0 bridgehead atoms. The minimum Gasteiger partial charge on any atom is -0.393 e. The van der Waals surface area contributed by atoms with Gasteiger partial charge in [0.15, 0.2) is 0 Å². The number of thiocarbonyl (C=S) groups is 1. The third kappa shape index (κ3) is 6.53. The van der Waals surface area contributed by atoms with Crippen molar-refractivity contribution >= 4 is 17.2 Å². The highest BCUT2D eigenvalue weighted by molar-refractivity contribution is 7.80. The number of nitrogens with two attached hydrogens (primary N) is 1. The summed E-state index contributed by atoms with van der Waals surface area (Å²) in [5.41, 5.74) is 5.97. The fraction of sp³-hybridized carbons (Fsp3) is 0.941. The number of likely N-dealkylation sites (tertiary alicyclic amines) is 1. The largest absolute Gasteiger partial charge is 0.393 e. The predicted octanol–water partition coefficient (Wildman–Crippen LogP) is 4.52. The van der Waals surface area contributed by atoms with E-state index < -0.39 is 0 Å². The van der Waals surface area contributed by atoms with Gasteiger partial charge in [0.2, 0.25) is 0 Å². The van der Waals surface area contributed by atoms with Crippen molar-refractivity contribution in [1.82, 2.24) is 4.90 Å². The van der Waals surface area contributed by atoms with Gasteiger partial charge in [-0.25, -0.2) is 0 Å². The van der Waals surface area contributed by atoms with Crippen LogP contribution in [-0.2, 0) is 0 Å². The number of piperidine rings is 1. The summed E-state index contributed by atoms with van der Waals surface area (Å²) in [5, 5.41) is 0. The Hall–Kier alpha value is -0.150. The van der Waals surface area contributed by atoms with Crippen molar-refractivity contribution in [3.63, 3.8) is 0 Å². The van der Waals surface area contributed by atoms with Crippen LogP contribution in [0.3, 0.4) is 0 Å². The third-order valence-electron chi connectivity index (χ3n) is 4.88. The van der Waals surface area contributed by atoms with Crippen molar-refractivity contribution in [3.05, 3.63) is 0 Å². The van der Waals surface area contributed by atoms with Crippen molar-refractivity contribution in [2.75, 3.05) is 19.6 Å². The second-order valence-electron chi connectivity index (χ2n) is 6.74. The number of nitrogens with zero attached hydrogens (tertiary/aromatic N) is 1. The Labute approximate surface area is 131 Å². The van der Waals surface area contributed by atoms with Crippen LogP contribution in [0.15, 0.2) is 0 Å². The fourth-order valence-electron chi connectivity index (χ4n) is 2.99. The van der Waals surface area contributed by atoms with Crippen molar-refractivity contribution in [1.29, 1.82) is 0 Å². The molecule has 118 valence electrons. The summed E-state index contributed by atoms with van der Waals surface area (Å²) < 4.78 is 0. The monoisotopic (exact) mass is 298 g/mol. The first-order valence-electron chi connectivity index (χ1n) is 8.61. The van der Waals surface area contributed by atoms with Crippen LogP contribution in [-0.4, -0.2) is 29.5 Å². The lowest BCUT2D eigenvalue weighted by Crippen LogP contribution is -2.44. The first-order valence-corrected chi connectivity index (χ1v) is 9.01. The summed E-state index contributed by atoms with van der Waals surface area (Å²) in [6.07, 6.45) is 13.5. The Morgan fingerprint density at radius 3 is 2.00 bits per heavy atom. The summed E-state index contributed by atoms with van der Waals surface area (Å²) >= 11 is 5.19. The van der Waals surface area contributed by atoms with E-state index in [1.807, 2.05) is 0 Å². The lowest BCUT2D eigenvalue weighted by molar-refractivity contribution is 0.162. The molecule has 2 nitrogen and oxygen atoms in total. The molecule has 0 spiro atoms. The minimum absolute atomic E-state index is 0.116. The molecule has 2 N–H and O–H groups in total. The van der Waals surface area contributed by atoms with Crippen LogP contribution in [0.2, 0.25) is 0 Å². The van der Waals surface area contributed by atoms with Crippen molar-refractivity contribution < 1.29 is 0 Å². The number of unbranched alkanes of at least 4 members (excludes halogenated alkanes) is 7. The van der Waals surface area contributed by atoms with E-state index in [2.05, 4.69) is 18.7 Å². The van der Waals surface area contributed by atoms with E-state index in [1.165, 1.54) is 71.0 Å². The highest BCUT2D eigenvalue weighted by Gasteiger charge is 2.32. The SMILES string of the molecule is CCCCCCCCCCN1CCC(C)(C(N)=S)CC1. The quantitative estimate of drug-likeness (QED) is 0.475. The van der Waals surface area contributed by atoms with E-state index in [-0.39, 0.29) is 5.41 Å². The van der Waals surface area contributed by atoms with Crippen molar-refractivity contribution in [2.45, 2.75) is 78.1 Å². The van der Waals surface area contributed by atoms with Crippen LogP contribution in [0, 0.1) is 5.41 Å². The normalized spacial score (nSPS) is 19.1. The van der Waals surface area contributed by atoms with Gasteiger partial charge in [-0.15, -0.1) is 0 Å². The third-order valence-corrected chi connectivity index (χ3v) is 5.38. The van der Waals surface area contributed by atoms with Gasteiger partial charge in [-0.2, -0.15) is 0 Å². The average Bonchev–Trinajstić information content (AvgIpc) is 2.44. The van der Waals surface area contributed by atoms with Gasteiger partial charge in [0.05, 0.1) is 4.99 Å².